The first-order chi connectivity index (χ1) is 9.52. The number of methoxy groups -OCH3 is 1. The number of ether oxygens (including phenoxy) is 1. The summed E-state index contributed by atoms with van der Waals surface area (Å²) in [7, 11) is 1.44. The van der Waals surface area contributed by atoms with Gasteiger partial charge in [-0.25, -0.2) is 4.39 Å². The van der Waals surface area contributed by atoms with Gasteiger partial charge >= 0.3 is 5.69 Å². The Kier molecular flexibility index (Phi) is 3.69. The number of nitro groups is 1. The van der Waals surface area contributed by atoms with Crippen LogP contribution in [0.15, 0.2) is 36.4 Å². The molecule has 0 amide bonds. The van der Waals surface area contributed by atoms with Gasteiger partial charge in [0.2, 0.25) is 0 Å². The highest BCUT2D eigenvalue weighted by Crippen LogP contribution is 2.34. The van der Waals surface area contributed by atoms with Crippen molar-refractivity contribution >= 4 is 22.7 Å². The van der Waals surface area contributed by atoms with E-state index in [2.05, 4.69) is 5.32 Å². The Morgan fingerprint density at radius 1 is 1.30 bits per heavy atom. The van der Waals surface area contributed by atoms with Gasteiger partial charge in [-0.15, -0.1) is 0 Å². The third-order valence-corrected chi connectivity index (χ3v) is 2.69. The summed E-state index contributed by atoms with van der Waals surface area (Å²) in [6.45, 7) is 0. The van der Waals surface area contributed by atoms with Gasteiger partial charge in [0.1, 0.15) is 22.9 Å². The maximum atomic E-state index is 13.7. The molecule has 0 saturated carbocycles. The predicted octanol–water partition coefficient (Wildman–Crippen LogP) is 3.07. The molecule has 0 bridgehead atoms. The van der Waals surface area contributed by atoms with Crippen molar-refractivity contribution < 1.29 is 14.1 Å². The fourth-order valence-corrected chi connectivity index (χ4v) is 1.74. The van der Waals surface area contributed by atoms with Crippen LogP contribution in [0.1, 0.15) is 0 Å². The average molecular weight is 277 g/mol. The Bertz CT molecular complexity index is 661. The Morgan fingerprint density at radius 2 is 2.05 bits per heavy atom. The van der Waals surface area contributed by atoms with E-state index in [1.165, 1.54) is 37.4 Å². The number of hydrogen-bond acceptors (Lipinski definition) is 5. The van der Waals surface area contributed by atoms with E-state index in [9.17, 15) is 14.5 Å². The summed E-state index contributed by atoms with van der Waals surface area (Å²) >= 11 is 0. The minimum atomic E-state index is -0.615. The normalized spacial score (nSPS) is 10.1. The first-order valence-electron chi connectivity index (χ1n) is 5.66. The van der Waals surface area contributed by atoms with Crippen LogP contribution < -0.4 is 15.8 Å². The fraction of sp³-hybridized carbons (Fsp3) is 0.0769. The van der Waals surface area contributed by atoms with Crippen molar-refractivity contribution in [3.05, 3.63) is 52.3 Å². The predicted molar refractivity (Wildman–Crippen MR) is 73.7 cm³/mol. The lowest BCUT2D eigenvalue weighted by molar-refractivity contribution is -0.383. The second-order valence-corrected chi connectivity index (χ2v) is 3.97. The van der Waals surface area contributed by atoms with Gasteiger partial charge in [0.05, 0.1) is 17.7 Å². The number of nitrogens with zero attached hydrogens (tertiary/aromatic N) is 1. The Hall–Kier alpha value is -2.83. The summed E-state index contributed by atoms with van der Waals surface area (Å²) in [4.78, 5) is 10.4. The number of nitrogen functional groups attached to an aromatic ring is 1. The van der Waals surface area contributed by atoms with Gasteiger partial charge in [-0.05, 0) is 24.3 Å². The molecular weight excluding hydrogens is 265 g/mol. The lowest BCUT2D eigenvalue weighted by Crippen LogP contribution is -2.02. The number of rotatable bonds is 4. The quantitative estimate of drug-likeness (QED) is 0.509. The third-order valence-electron chi connectivity index (χ3n) is 2.69. The van der Waals surface area contributed by atoms with E-state index in [-0.39, 0.29) is 22.7 Å². The smallest absolute Gasteiger partial charge is 0.315 e. The van der Waals surface area contributed by atoms with Crippen LogP contribution in [0.2, 0.25) is 0 Å². The monoisotopic (exact) mass is 277 g/mol. The molecule has 0 spiro atoms. The summed E-state index contributed by atoms with van der Waals surface area (Å²) in [6.07, 6.45) is 0. The highest BCUT2D eigenvalue weighted by Gasteiger charge is 2.18. The molecule has 0 aliphatic carbocycles. The molecule has 0 unspecified atom stereocenters. The number of nitrogens with one attached hydrogen (secondary N) is 1. The zero-order valence-corrected chi connectivity index (χ0v) is 10.6. The first-order valence-corrected chi connectivity index (χ1v) is 5.66. The first kappa shape index (κ1) is 13.6. The van der Waals surface area contributed by atoms with Crippen LogP contribution in [0.5, 0.6) is 5.75 Å². The van der Waals surface area contributed by atoms with Gasteiger partial charge in [-0.3, -0.25) is 10.1 Å². The second-order valence-electron chi connectivity index (χ2n) is 3.97. The molecule has 20 heavy (non-hydrogen) atoms. The van der Waals surface area contributed by atoms with Crippen molar-refractivity contribution in [1.29, 1.82) is 0 Å². The van der Waals surface area contributed by atoms with Gasteiger partial charge in [-0.1, -0.05) is 6.07 Å². The summed E-state index contributed by atoms with van der Waals surface area (Å²) in [5.41, 5.74) is 5.46. The molecule has 2 aromatic rings. The molecule has 2 rings (SSSR count). The molecule has 2 aromatic carbocycles. The van der Waals surface area contributed by atoms with E-state index < -0.39 is 10.7 Å². The van der Waals surface area contributed by atoms with Crippen LogP contribution in [-0.4, -0.2) is 12.0 Å². The van der Waals surface area contributed by atoms with Crippen molar-refractivity contribution in [2.24, 2.45) is 0 Å². The van der Waals surface area contributed by atoms with E-state index in [0.29, 0.717) is 5.75 Å². The number of benzene rings is 2. The van der Waals surface area contributed by atoms with E-state index >= 15 is 0 Å². The molecule has 0 atom stereocenters. The van der Waals surface area contributed by atoms with Gasteiger partial charge in [0, 0.05) is 6.07 Å². The fourth-order valence-electron chi connectivity index (χ4n) is 1.74. The van der Waals surface area contributed by atoms with Crippen LogP contribution in [0.4, 0.5) is 27.1 Å². The summed E-state index contributed by atoms with van der Waals surface area (Å²) in [5, 5.41) is 13.7. The zero-order valence-electron chi connectivity index (χ0n) is 10.6. The van der Waals surface area contributed by atoms with Gasteiger partial charge < -0.3 is 15.8 Å². The van der Waals surface area contributed by atoms with Gasteiger partial charge in [0.15, 0.2) is 0 Å². The van der Waals surface area contributed by atoms with Gasteiger partial charge in [-0.2, -0.15) is 0 Å². The summed E-state index contributed by atoms with van der Waals surface area (Å²) < 4.78 is 18.7. The molecule has 0 saturated heterocycles. The molecule has 0 aliphatic heterocycles. The summed E-state index contributed by atoms with van der Waals surface area (Å²) in [5.74, 6) is -0.122. The van der Waals surface area contributed by atoms with E-state index in [1.807, 2.05) is 0 Å². The number of para-hydroxylation sites is 1. The minimum absolute atomic E-state index is 0.00306. The highest BCUT2D eigenvalue weighted by atomic mass is 19.1. The number of nitro benzene ring substituents is 1. The molecule has 6 nitrogen and oxygen atoms in total. The average Bonchev–Trinajstić information content (AvgIpc) is 2.41. The van der Waals surface area contributed by atoms with Crippen LogP contribution in [-0.2, 0) is 0 Å². The number of nitrogens with two attached hydrogens (primary N) is 1. The lowest BCUT2D eigenvalue weighted by atomic mass is 10.2. The topological polar surface area (TPSA) is 90.4 Å². The largest absolute Gasteiger partial charge is 0.497 e. The Balaban J connectivity index is 2.45. The van der Waals surface area contributed by atoms with Crippen LogP contribution >= 0.6 is 0 Å². The van der Waals surface area contributed by atoms with Crippen molar-refractivity contribution in [2.75, 3.05) is 18.2 Å². The molecular formula is C13H12FN3O3. The molecule has 0 fully saturated rings. The van der Waals surface area contributed by atoms with Crippen molar-refractivity contribution in [1.82, 2.24) is 0 Å². The van der Waals surface area contributed by atoms with Crippen molar-refractivity contribution in [3.63, 3.8) is 0 Å². The lowest BCUT2D eigenvalue weighted by Gasteiger charge is -2.10. The van der Waals surface area contributed by atoms with E-state index in [1.54, 1.807) is 6.07 Å². The van der Waals surface area contributed by atoms with Crippen LogP contribution in [0.25, 0.3) is 0 Å². The molecule has 0 aromatic heterocycles. The van der Waals surface area contributed by atoms with Crippen LogP contribution in [0, 0.1) is 15.9 Å². The van der Waals surface area contributed by atoms with E-state index in [0.717, 1.165) is 0 Å². The zero-order chi connectivity index (χ0) is 14.7. The maximum absolute atomic E-state index is 13.7. The second kappa shape index (κ2) is 5.43. The number of halogens is 1. The molecule has 104 valence electrons. The molecule has 3 N–H and O–H groups in total. The highest BCUT2D eigenvalue weighted by molar-refractivity contribution is 5.78. The van der Waals surface area contributed by atoms with Crippen molar-refractivity contribution in [3.8, 4) is 5.75 Å². The van der Waals surface area contributed by atoms with Crippen molar-refractivity contribution in [2.45, 2.75) is 0 Å². The molecule has 7 heteroatoms. The molecule has 0 radical (unpaired) electrons. The van der Waals surface area contributed by atoms with E-state index in [4.69, 9.17) is 10.5 Å². The van der Waals surface area contributed by atoms with Gasteiger partial charge in [0.25, 0.3) is 0 Å². The minimum Gasteiger partial charge on any atom is -0.497 e. The SMILES string of the molecule is COc1ccc(F)c(Nc2cccc(N)c2[N+](=O)[O-])c1. The standard InChI is InChI=1S/C13H12FN3O3/c1-20-8-5-6-9(14)12(7-8)16-11-4-2-3-10(15)13(11)17(18)19/h2-7,16H,15H2,1H3. The van der Waals surface area contributed by atoms with Crippen LogP contribution in [0.3, 0.4) is 0 Å². The maximum Gasteiger partial charge on any atom is 0.315 e. The third kappa shape index (κ3) is 2.61. The Morgan fingerprint density at radius 3 is 2.70 bits per heavy atom. The molecule has 0 heterocycles. The molecule has 0 aliphatic rings. The Labute approximate surface area is 114 Å². The number of hydrogen-bond donors (Lipinski definition) is 2. The number of anilines is 3. The summed E-state index contributed by atoms with van der Waals surface area (Å²) in [6, 6.07) is 8.47.